The van der Waals surface area contributed by atoms with Gasteiger partial charge in [-0.2, -0.15) is 4.31 Å². The van der Waals surface area contributed by atoms with Gasteiger partial charge in [-0.3, -0.25) is 9.69 Å². The SMILES string of the molecule is CC(=O)c1ccc(S(=O)(=O)N2CCN(C3CC3)CC2c2ccccc2)cc1. The van der Waals surface area contributed by atoms with E-state index < -0.39 is 10.0 Å². The Labute approximate surface area is 160 Å². The lowest BCUT2D eigenvalue weighted by atomic mass is 10.0. The van der Waals surface area contributed by atoms with E-state index >= 15 is 0 Å². The summed E-state index contributed by atoms with van der Waals surface area (Å²) in [5.74, 6) is -0.0702. The van der Waals surface area contributed by atoms with E-state index in [9.17, 15) is 13.2 Å². The summed E-state index contributed by atoms with van der Waals surface area (Å²) in [5, 5.41) is 0. The summed E-state index contributed by atoms with van der Waals surface area (Å²) >= 11 is 0. The van der Waals surface area contributed by atoms with E-state index in [1.54, 1.807) is 28.6 Å². The fourth-order valence-electron chi connectivity index (χ4n) is 3.79. The first-order valence-electron chi connectivity index (χ1n) is 9.38. The van der Waals surface area contributed by atoms with Crippen LogP contribution in [-0.2, 0) is 10.0 Å². The molecule has 0 N–H and O–H groups in total. The molecule has 2 aliphatic rings. The van der Waals surface area contributed by atoms with Crippen molar-refractivity contribution in [3.8, 4) is 0 Å². The topological polar surface area (TPSA) is 57.7 Å². The van der Waals surface area contributed by atoms with Crippen LogP contribution in [-0.4, -0.2) is 49.1 Å². The average Bonchev–Trinajstić information content (AvgIpc) is 3.53. The van der Waals surface area contributed by atoms with Gasteiger partial charge in [0.2, 0.25) is 10.0 Å². The van der Waals surface area contributed by atoms with Crippen molar-refractivity contribution in [3.05, 3.63) is 65.7 Å². The number of sulfonamides is 1. The van der Waals surface area contributed by atoms with E-state index in [2.05, 4.69) is 4.90 Å². The van der Waals surface area contributed by atoms with E-state index in [0.29, 0.717) is 18.2 Å². The van der Waals surface area contributed by atoms with Crippen molar-refractivity contribution < 1.29 is 13.2 Å². The van der Waals surface area contributed by atoms with Crippen molar-refractivity contribution in [1.82, 2.24) is 9.21 Å². The van der Waals surface area contributed by atoms with Crippen LogP contribution in [0.2, 0.25) is 0 Å². The minimum atomic E-state index is -3.64. The molecule has 0 amide bonds. The maximum atomic E-state index is 13.4. The minimum Gasteiger partial charge on any atom is -0.297 e. The van der Waals surface area contributed by atoms with E-state index in [1.807, 2.05) is 30.3 Å². The molecule has 1 saturated carbocycles. The molecule has 2 aromatic carbocycles. The second-order valence-corrected chi connectivity index (χ2v) is 9.24. The highest BCUT2D eigenvalue weighted by molar-refractivity contribution is 7.89. The molecule has 142 valence electrons. The number of hydrogen-bond donors (Lipinski definition) is 0. The van der Waals surface area contributed by atoms with Crippen molar-refractivity contribution in [1.29, 1.82) is 0 Å². The van der Waals surface area contributed by atoms with Crippen molar-refractivity contribution in [2.75, 3.05) is 19.6 Å². The van der Waals surface area contributed by atoms with Crippen molar-refractivity contribution in [2.24, 2.45) is 0 Å². The van der Waals surface area contributed by atoms with Crippen LogP contribution in [0.15, 0.2) is 59.5 Å². The summed E-state index contributed by atoms with van der Waals surface area (Å²) in [4.78, 5) is 14.1. The summed E-state index contributed by atoms with van der Waals surface area (Å²) in [6.45, 7) is 3.44. The summed E-state index contributed by atoms with van der Waals surface area (Å²) in [7, 11) is -3.64. The zero-order valence-corrected chi connectivity index (χ0v) is 16.2. The molecule has 6 heteroatoms. The molecule has 1 unspecified atom stereocenters. The van der Waals surface area contributed by atoms with Crippen LogP contribution in [0.4, 0.5) is 0 Å². The first-order valence-corrected chi connectivity index (χ1v) is 10.8. The van der Waals surface area contributed by atoms with E-state index in [1.165, 1.54) is 19.8 Å². The summed E-state index contributed by atoms with van der Waals surface area (Å²) in [6, 6.07) is 16.5. The lowest BCUT2D eigenvalue weighted by Crippen LogP contribution is -2.51. The highest BCUT2D eigenvalue weighted by atomic mass is 32.2. The number of carbonyl (C=O) groups excluding carboxylic acids is 1. The number of benzene rings is 2. The lowest BCUT2D eigenvalue weighted by molar-refractivity contribution is 0.101. The van der Waals surface area contributed by atoms with E-state index in [0.717, 1.165) is 18.7 Å². The van der Waals surface area contributed by atoms with Crippen molar-refractivity contribution in [3.63, 3.8) is 0 Å². The molecule has 1 atom stereocenters. The molecular weight excluding hydrogens is 360 g/mol. The quantitative estimate of drug-likeness (QED) is 0.744. The number of piperazine rings is 1. The van der Waals surface area contributed by atoms with Crippen LogP contribution >= 0.6 is 0 Å². The van der Waals surface area contributed by atoms with Gasteiger partial charge in [-0.1, -0.05) is 42.5 Å². The summed E-state index contributed by atoms with van der Waals surface area (Å²) < 4.78 is 28.4. The Morgan fingerprint density at radius 1 is 0.963 bits per heavy atom. The Hall–Kier alpha value is -2.02. The summed E-state index contributed by atoms with van der Waals surface area (Å²) in [6.07, 6.45) is 2.42. The highest BCUT2D eigenvalue weighted by Crippen LogP contribution is 2.36. The molecule has 1 aliphatic heterocycles. The van der Waals surface area contributed by atoms with E-state index in [4.69, 9.17) is 0 Å². The van der Waals surface area contributed by atoms with Gasteiger partial charge >= 0.3 is 0 Å². The zero-order valence-electron chi connectivity index (χ0n) is 15.4. The molecule has 4 rings (SSSR count). The lowest BCUT2D eigenvalue weighted by Gasteiger charge is -2.41. The molecule has 1 heterocycles. The van der Waals surface area contributed by atoms with Gasteiger partial charge in [0.05, 0.1) is 10.9 Å². The number of ketones is 1. The average molecular weight is 385 g/mol. The van der Waals surface area contributed by atoms with Crippen molar-refractivity contribution in [2.45, 2.75) is 36.7 Å². The first kappa shape index (κ1) is 18.3. The Morgan fingerprint density at radius 3 is 2.22 bits per heavy atom. The fourth-order valence-corrected chi connectivity index (χ4v) is 5.39. The summed E-state index contributed by atoms with van der Waals surface area (Å²) in [5.41, 5.74) is 1.54. The van der Waals surface area contributed by atoms with Crippen LogP contribution in [0.5, 0.6) is 0 Å². The molecule has 0 radical (unpaired) electrons. The third kappa shape index (κ3) is 3.70. The third-order valence-electron chi connectivity index (χ3n) is 5.48. The molecule has 0 spiro atoms. The number of rotatable bonds is 5. The predicted molar refractivity (Wildman–Crippen MR) is 104 cm³/mol. The fraction of sp³-hybridized carbons (Fsp3) is 0.381. The molecule has 1 saturated heterocycles. The zero-order chi connectivity index (χ0) is 19.0. The van der Waals surface area contributed by atoms with E-state index in [-0.39, 0.29) is 16.7 Å². The molecule has 27 heavy (non-hydrogen) atoms. The van der Waals surface area contributed by atoms with Gasteiger partial charge in [-0.15, -0.1) is 0 Å². The van der Waals surface area contributed by atoms with Crippen LogP contribution < -0.4 is 0 Å². The normalized spacial score (nSPS) is 21.9. The molecule has 5 nitrogen and oxygen atoms in total. The highest BCUT2D eigenvalue weighted by Gasteiger charge is 2.41. The Balaban J connectivity index is 1.67. The molecule has 1 aliphatic carbocycles. The largest absolute Gasteiger partial charge is 0.297 e. The van der Waals surface area contributed by atoms with Gasteiger partial charge in [0, 0.05) is 31.2 Å². The molecule has 0 aromatic heterocycles. The molecule has 0 bridgehead atoms. The number of Topliss-reactive ketones (excluding diaryl/α,β-unsaturated/α-hetero) is 1. The van der Waals surface area contributed by atoms with Gasteiger partial charge in [-0.25, -0.2) is 8.42 Å². The minimum absolute atomic E-state index is 0.0702. The first-order chi connectivity index (χ1) is 13.0. The van der Waals surface area contributed by atoms with Crippen molar-refractivity contribution >= 4 is 15.8 Å². The van der Waals surface area contributed by atoms with Gasteiger partial charge in [0.25, 0.3) is 0 Å². The van der Waals surface area contributed by atoms with Crippen LogP contribution in [0, 0.1) is 0 Å². The number of carbonyl (C=O) groups is 1. The molecule has 2 aromatic rings. The standard InChI is InChI=1S/C21H24N2O3S/c1-16(24)17-7-11-20(12-8-17)27(25,26)23-14-13-22(19-9-10-19)15-21(23)18-5-3-2-4-6-18/h2-8,11-12,19,21H,9-10,13-15H2,1H3. The maximum Gasteiger partial charge on any atom is 0.243 e. The Morgan fingerprint density at radius 2 is 1.63 bits per heavy atom. The molecule has 2 fully saturated rings. The monoisotopic (exact) mass is 384 g/mol. The van der Waals surface area contributed by atoms with Gasteiger partial charge in [-0.05, 0) is 37.5 Å². The maximum absolute atomic E-state index is 13.4. The molecular formula is C21H24N2O3S. The smallest absolute Gasteiger partial charge is 0.243 e. The van der Waals surface area contributed by atoms with Gasteiger partial charge < -0.3 is 0 Å². The van der Waals surface area contributed by atoms with Gasteiger partial charge in [0.1, 0.15) is 0 Å². The van der Waals surface area contributed by atoms with Crippen LogP contribution in [0.25, 0.3) is 0 Å². The number of hydrogen-bond acceptors (Lipinski definition) is 4. The van der Waals surface area contributed by atoms with Crippen LogP contribution in [0.3, 0.4) is 0 Å². The van der Waals surface area contributed by atoms with Gasteiger partial charge in [0.15, 0.2) is 5.78 Å². The second kappa shape index (κ2) is 7.19. The third-order valence-corrected chi connectivity index (χ3v) is 7.40. The Bertz CT molecular complexity index is 922. The number of nitrogens with zero attached hydrogens (tertiary/aromatic N) is 2. The second-order valence-electron chi connectivity index (χ2n) is 7.35. The Kier molecular flexibility index (Phi) is 4.88. The predicted octanol–water partition coefficient (Wildman–Crippen LogP) is 3.10. The van der Waals surface area contributed by atoms with Crippen LogP contribution in [0.1, 0.15) is 41.7 Å².